The number of fused-ring (bicyclic) bond motifs is 2. The van der Waals surface area contributed by atoms with Crippen LogP contribution in [0.3, 0.4) is 0 Å². The number of Topliss-reactive ketones (excluding diaryl/α,β-unsaturated/α-hetero) is 1. The van der Waals surface area contributed by atoms with Crippen LogP contribution in [0.25, 0.3) is 10.1 Å². The van der Waals surface area contributed by atoms with Crippen LogP contribution in [0.5, 0.6) is 0 Å². The molecule has 9 rings (SSSR count). The molecule has 6 aliphatic carbocycles. The number of allylic oxidation sites excluding steroid dienone is 4. The first-order valence-electron chi connectivity index (χ1n) is 16.3. The van der Waals surface area contributed by atoms with Crippen molar-refractivity contribution >= 4 is 27.2 Å². The van der Waals surface area contributed by atoms with Crippen LogP contribution < -0.4 is 0 Å². The van der Waals surface area contributed by atoms with Gasteiger partial charge in [-0.25, -0.2) is 0 Å². The largest absolute Gasteiger partial charge is 0.395 e. The lowest BCUT2D eigenvalue weighted by Crippen LogP contribution is -2.67. The van der Waals surface area contributed by atoms with E-state index in [-0.39, 0.29) is 46.7 Å². The van der Waals surface area contributed by atoms with Crippen molar-refractivity contribution in [3.05, 3.63) is 59.0 Å². The van der Waals surface area contributed by atoms with Gasteiger partial charge in [0.1, 0.15) is 0 Å². The first kappa shape index (κ1) is 27.7. The van der Waals surface area contributed by atoms with E-state index in [1.54, 1.807) is 11.3 Å². The van der Waals surface area contributed by atoms with E-state index in [0.29, 0.717) is 18.9 Å². The topological polar surface area (TPSA) is 81.0 Å². The fraction of sp³-hybridized carbons (Fsp3) is 0.639. The number of hydrogen-bond acceptors (Lipinski definition) is 6. The van der Waals surface area contributed by atoms with E-state index in [0.717, 1.165) is 78.4 Å². The van der Waals surface area contributed by atoms with Crippen molar-refractivity contribution in [3.8, 4) is 0 Å². The zero-order chi connectivity index (χ0) is 29.1. The van der Waals surface area contributed by atoms with Crippen LogP contribution in [-0.2, 0) is 0 Å². The van der Waals surface area contributed by atoms with Gasteiger partial charge in [-0.1, -0.05) is 50.3 Å². The summed E-state index contributed by atoms with van der Waals surface area (Å²) >= 11 is 1.59. The Balaban J connectivity index is 1.26. The summed E-state index contributed by atoms with van der Waals surface area (Å²) < 4.78 is 1.14. The van der Waals surface area contributed by atoms with E-state index in [4.69, 9.17) is 0 Å². The lowest BCUT2D eigenvalue weighted by Gasteiger charge is -2.71. The fourth-order valence-corrected chi connectivity index (χ4v) is 12.5. The highest BCUT2D eigenvalue weighted by Gasteiger charge is 2.74. The number of rotatable bonds is 5. The maximum Gasteiger partial charge on any atom is 0.199 e. The molecule has 3 N–H and O–H groups in total. The van der Waals surface area contributed by atoms with Crippen LogP contribution >= 0.6 is 11.3 Å². The van der Waals surface area contributed by atoms with Gasteiger partial charge in [-0.2, -0.15) is 0 Å². The van der Waals surface area contributed by atoms with Crippen LogP contribution in [0.2, 0.25) is 0 Å². The molecule has 9 atom stereocenters. The maximum absolute atomic E-state index is 14.8. The summed E-state index contributed by atoms with van der Waals surface area (Å²) in [6, 6.07) is 10.5. The summed E-state index contributed by atoms with van der Waals surface area (Å²) in [4.78, 5) is 18.0. The summed E-state index contributed by atoms with van der Waals surface area (Å²) in [7, 11) is 0. The zero-order valence-corrected chi connectivity index (χ0v) is 25.8. The van der Waals surface area contributed by atoms with Crippen molar-refractivity contribution in [1.29, 1.82) is 0 Å². The average molecular weight is 588 g/mol. The van der Waals surface area contributed by atoms with Crippen LogP contribution in [0.4, 0.5) is 0 Å². The third-order valence-corrected chi connectivity index (χ3v) is 14.9. The standard InChI is InChI=1S/C36H45NO4S/c1-32-12-9-25(39)19-34(32)15-16-36(26(20-34)31(40)28-18-23-6-3-4-8-27(23)42-28)29(32)10-13-33(2)30(36)11-14-35(33,41)22-37-17-5-7-24(37)21-38/h3-4,6,8,15-16,18,20,24-25,29-30,38-39,41H,5,7,9-14,17,19,21-22H2,1-2H3. The van der Waals surface area contributed by atoms with Gasteiger partial charge in [-0.3, -0.25) is 9.69 Å². The van der Waals surface area contributed by atoms with E-state index < -0.39 is 11.0 Å². The van der Waals surface area contributed by atoms with Gasteiger partial charge < -0.3 is 15.3 Å². The molecule has 9 unspecified atom stereocenters. The van der Waals surface area contributed by atoms with Crippen molar-refractivity contribution in [2.45, 2.75) is 89.4 Å². The number of aliphatic hydroxyl groups excluding tert-OH is 2. The molecule has 1 aromatic heterocycles. The molecule has 2 spiro atoms. The highest BCUT2D eigenvalue weighted by Crippen LogP contribution is 2.78. The number of ketones is 1. The summed E-state index contributed by atoms with van der Waals surface area (Å²) in [6.07, 6.45) is 14.9. The Bertz CT molecular complexity index is 1480. The Kier molecular flexibility index (Phi) is 6.00. The van der Waals surface area contributed by atoms with Gasteiger partial charge in [0.05, 0.1) is 23.2 Å². The van der Waals surface area contributed by atoms with E-state index in [1.807, 2.05) is 12.1 Å². The third-order valence-electron chi connectivity index (χ3n) is 13.8. The van der Waals surface area contributed by atoms with Crippen LogP contribution in [0.1, 0.15) is 81.3 Å². The average Bonchev–Trinajstić information content (AvgIpc) is 3.68. The van der Waals surface area contributed by atoms with E-state index in [1.165, 1.54) is 0 Å². The molecule has 7 aliphatic rings. The fourth-order valence-electron chi connectivity index (χ4n) is 11.5. The summed E-state index contributed by atoms with van der Waals surface area (Å²) in [5, 5.41) is 34.7. The van der Waals surface area contributed by atoms with E-state index >= 15 is 0 Å². The summed E-state index contributed by atoms with van der Waals surface area (Å²) in [6.45, 7) is 6.44. The number of hydrogen-bond donors (Lipinski definition) is 3. The van der Waals surface area contributed by atoms with Gasteiger partial charge in [-0.15, -0.1) is 11.3 Å². The predicted molar refractivity (Wildman–Crippen MR) is 166 cm³/mol. The number of benzene rings is 1. The molecule has 224 valence electrons. The van der Waals surface area contributed by atoms with Gasteiger partial charge >= 0.3 is 0 Å². The minimum absolute atomic E-state index is 0.0239. The smallest absolute Gasteiger partial charge is 0.199 e. The Morgan fingerprint density at radius 3 is 2.60 bits per heavy atom. The second-order valence-electron chi connectivity index (χ2n) is 15.2. The van der Waals surface area contributed by atoms with E-state index in [9.17, 15) is 20.1 Å². The first-order chi connectivity index (χ1) is 20.1. The van der Waals surface area contributed by atoms with Crippen molar-refractivity contribution in [2.75, 3.05) is 19.7 Å². The highest BCUT2D eigenvalue weighted by molar-refractivity contribution is 7.21. The van der Waals surface area contributed by atoms with Gasteiger partial charge in [0.25, 0.3) is 0 Å². The van der Waals surface area contributed by atoms with Gasteiger partial charge in [-0.05, 0) is 99.1 Å². The normalized spacial score (nSPS) is 46.0. The van der Waals surface area contributed by atoms with Gasteiger partial charge in [0.15, 0.2) is 5.78 Å². The zero-order valence-electron chi connectivity index (χ0n) is 25.0. The quantitative estimate of drug-likeness (QED) is 0.290. The molecule has 6 heteroatoms. The number of β-amino-alcohol motifs (C(OH)–C–C–N with tert-alkyl or cyclic N) is 1. The molecule has 1 saturated heterocycles. The Morgan fingerprint density at radius 1 is 1.02 bits per heavy atom. The maximum atomic E-state index is 14.8. The lowest BCUT2D eigenvalue weighted by molar-refractivity contribution is -0.177. The van der Waals surface area contributed by atoms with Crippen molar-refractivity contribution in [1.82, 2.24) is 4.90 Å². The second kappa shape index (κ2) is 9.10. The molecule has 2 heterocycles. The number of carbonyl (C=O) groups excluding carboxylic acids is 1. The Hall–Kier alpha value is -1.83. The van der Waals surface area contributed by atoms with Crippen LogP contribution in [-0.4, -0.2) is 63.4 Å². The second-order valence-corrected chi connectivity index (χ2v) is 16.3. The predicted octanol–water partition coefficient (Wildman–Crippen LogP) is 6.13. The molecule has 0 amide bonds. The van der Waals surface area contributed by atoms with Crippen LogP contribution in [0, 0.1) is 33.5 Å². The highest BCUT2D eigenvalue weighted by atomic mass is 32.1. The van der Waals surface area contributed by atoms with Crippen molar-refractivity contribution in [2.24, 2.45) is 33.5 Å². The molecule has 3 saturated carbocycles. The molecular weight excluding hydrogens is 542 g/mol. The monoisotopic (exact) mass is 587 g/mol. The first-order valence-corrected chi connectivity index (χ1v) is 17.1. The van der Waals surface area contributed by atoms with Crippen LogP contribution in [0.15, 0.2) is 54.1 Å². The molecule has 2 bridgehead atoms. The minimum atomic E-state index is -0.857. The number of nitrogens with zero attached hydrogens (tertiary/aromatic N) is 1. The number of aliphatic hydroxyl groups is 3. The Morgan fingerprint density at radius 2 is 1.79 bits per heavy atom. The summed E-state index contributed by atoms with van der Waals surface area (Å²) in [5.74, 6) is 0.608. The molecular formula is C36H45NO4S. The van der Waals surface area contributed by atoms with E-state index in [2.05, 4.69) is 55.2 Å². The molecule has 1 aromatic carbocycles. The Labute approximate surface area is 253 Å². The minimum Gasteiger partial charge on any atom is -0.395 e. The number of thiophene rings is 1. The molecule has 2 aromatic rings. The summed E-state index contributed by atoms with van der Waals surface area (Å²) in [5.41, 5.74) is -1.02. The molecule has 42 heavy (non-hydrogen) atoms. The molecule has 4 fully saturated rings. The SMILES string of the molecule is CC12CCC(O)CC13C=CC1(C(C(=O)c4cc5ccccc5s4)=C3)C2CCC2(C)C1CCC2(O)CN1CCCC1CO. The number of carbonyl (C=O) groups is 1. The number of likely N-dealkylation sites (tertiary alicyclic amines) is 1. The molecule has 1 aliphatic heterocycles. The lowest BCUT2D eigenvalue weighted by atomic mass is 9.32. The molecule has 5 nitrogen and oxygen atoms in total. The van der Waals surface area contributed by atoms with Crippen molar-refractivity contribution < 1.29 is 20.1 Å². The van der Waals surface area contributed by atoms with Crippen molar-refractivity contribution in [3.63, 3.8) is 0 Å². The van der Waals surface area contributed by atoms with Gasteiger partial charge in [0, 0.05) is 39.1 Å². The molecule has 0 radical (unpaired) electrons. The van der Waals surface area contributed by atoms with Gasteiger partial charge in [0.2, 0.25) is 0 Å². The third kappa shape index (κ3) is 3.37.